The summed E-state index contributed by atoms with van der Waals surface area (Å²) in [7, 11) is 0. The highest BCUT2D eigenvalue weighted by atomic mass is 32.5. The molecular formula is C21H41O5PS. The average Bonchev–Trinajstić information content (AvgIpc) is 3.10. The van der Waals surface area contributed by atoms with Gasteiger partial charge in [0, 0.05) is 0 Å². The smallest absolute Gasteiger partial charge is 0.321 e. The summed E-state index contributed by atoms with van der Waals surface area (Å²) < 4.78 is 16.0. The third-order valence-electron chi connectivity index (χ3n) is 4.94. The normalized spacial score (nSPS) is 20.4. The summed E-state index contributed by atoms with van der Waals surface area (Å²) in [5.74, 6) is 0. The van der Waals surface area contributed by atoms with Crippen LogP contribution in [-0.4, -0.2) is 35.4 Å². The summed E-state index contributed by atoms with van der Waals surface area (Å²) in [6, 6.07) is 0. The van der Waals surface area contributed by atoms with Crippen molar-refractivity contribution in [1.82, 2.24) is 0 Å². The van der Waals surface area contributed by atoms with Crippen LogP contribution >= 0.6 is 6.72 Å². The van der Waals surface area contributed by atoms with E-state index < -0.39 is 6.72 Å². The minimum absolute atomic E-state index is 0.0765. The molecule has 1 aliphatic rings. The highest BCUT2D eigenvalue weighted by Gasteiger charge is 2.27. The Morgan fingerprint density at radius 3 is 2.11 bits per heavy atom. The minimum Gasteiger partial charge on any atom is -0.350 e. The number of ether oxygens (including phenoxy) is 2. The van der Waals surface area contributed by atoms with Gasteiger partial charge in [0.15, 0.2) is 6.29 Å². The minimum atomic E-state index is -3.60. The van der Waals surface area contributed by atoms with Crippen LogP contribution in [0.1, 0.15) is 96.8 Å². The molecule has 0 spiro atoms. The first-order chi connectivity index (χ1) is 13.5. The zero-order valence-corrected chi connectivity index (χ0v) is 19.3. The van der Waals surface area contributed by atoms with Crippen LogP contribution in [0.3, 0.4) is 0 Å². The number of hydrogen-bond donors (Lipinski definition) is 2. The fourth-order valence-electron chi connectivity index (χ4n) is 3.31. The number of hydrogen-bond acceptors (Lipinski definition) is 4. The molecule has 5 nitrogen and oxygen atoms in total. The van der Waals surface area contributed by atoms with Crippen molar-refractivity contribution in [3.63, 3.8) is 0 Å². The first-order valence-corrected chi connectivity index (χ1v) is 13.8. The van der Waals surface area contributed by atoms with Crippen molar-refractivity contribution in [3.05, 3.63) is 12.2 Å². The van der Waals surface area contributed by atoms with Gasteiger partial charge in [0.2, 0.25) is 0 Å². The summed E-state index contributed by atoms with van der Waals surface area (Å²) in [5.41, 5.74) is 0. The van der Waals surface area contributed by atoms with Gasteiger partial charge in [0.25, 0.3) is 0 Å². The third-order valence-corrected chi connectivity index (χ3v) is 5.74. The van der Waals surface area contributed by atoms with E-state index in [1.807, 2.05) is 0 Å². The maximum absolute atomic E-state index is 9.05. The van der Waals surface area contributed by atoms with Gasteiger partial charge in [-0.05, 0) is 50.3 Å². The number of unbranched alkanes of at least 4 members (excludes halogenated alkanes) is 11. The lowest BCUT2D eigenvalue weighted by atomic mass is 10.1. The molecule has 0 saturated carbocycles. The SMILES string of the molecule is CCCCCCCC/C=C\CCCCCCC[C@H]1OC[C@@H](COP(O)(O)=S)O1. The molecule has 1 rings (SSSR count). The van der Waals surface area contributed by atoms with Crippen molar-refractivity contribution in [1.29, 1.82) is 0 Å². The van der Waals surface area contributed by atoms with Gasteiger partial charge in [-0.2, -0.15) is 0 Å². The standard InChI is InChI=1S/C21H41O5PS/c1-2-3-4-5-6-7-8-9-10-11-12-13-14-15-16-17-21-24-18-20(26-21)19-25-27(22,23)28/h9-10,20-21H,2-8,11-19H2,1H3,(H2,22,23,28)/b10-9-/t20-,21-/m0/s1. The van der Waals surface area contributed by atoms with E-state index in [0.717, 1.165) is 12.8 Å². The molecule has 2 atom stereocenters. The maximum Gasteiger partial charge on any atom is 0.321 e. The highest BCUT2D eigenvalue weighted by molar-refractivity contribution is 8.06. The molecule has 166 valence electrons. The highest BCUT2D eigenvalue weighted by Crippen LogP contribution is 2.37. The molecule has 28 heavy (non-hydrogen) atoms. The lowest BCUT2D eigenvalue weighted by molar-refractivity contribution is -0.0691. The molecular weight excluding hydrogens is 395 g/mol. The molecule has 0 aromatic heterocycles. The van der Waals surface area contributed by atoms with Crippen molar-refractivity contribution in [3.8, 4) is 0 Å². The Morgan fingerprint density at radius 1 is 0.929 bits per heavy atom. The van der Waals surface area contributed by atoms with E-state index in [9.17, 15) is 0 Å². The Kier molecular flexibility index (Phi) is 15.9. The lowest BCUT2D eigenvalue weighted by Gasteiger charge is -2.13. The molecule has 0 aromatic carbocycles. The lowest BCUT2D eigenvalue weighted by Crippen LogP contribution is -2.18. The molecule has 1 aliphatic heterocycles. The Hall–Kier alpha value is 0.190. The zero-order valence-electron chi connectivity index (χ0n) is 17.6. The van der Waals surface area contributed by atoms with Crippen molar-refractivity contribution in [2.24, 2.45) is 0 Å². The second-order valence-corrected chi connectivity index (χ2v) is 10.3. The molecule has 1 saturated heterocycles. The predicted octanol–water partition coefficient (Wildman–Crippen LogP) is 5.99. The van der Waals surface area contributed by atoms with E-state index in [2.05, 4.69) is 30.9 Å². The Balaban J connectivity index is 1.83. The van der Waals surface area contributed by atoms with Gasteiger partial charge in [-0.3, -0.25) is 0 Å². The maximum atomic E-state index is 9.05. The van der Waals surface area contributed by atoms with Crippen LogP contribution < -0.4 is 0 Å². The molecule has 7 heteroatoms. The van der Waals surface area contributed by atoms with E-state index in [-0.39, 0.29) is 19.0 Å². The van der Waals surface area contributed by atoms with Crippen LogP contribution in [-0.2, 0) is 25.8 Å². The Labute approximate surface area is 177 Å². The predicted molar refractivity (Wildman–Crippen MR) is 119 cm³/mol. The molecule has 0 amide bonds. The van der Waals surface area contributed by atoms with Gasteiger partial charge >= 0.3 is 6.72 Å². The molecule has 1 heterocycles. The molecule has 0 aromatic rings. The van der Waals surface area contributed by atoms with Crippen molar-refractivity contribution < 1.29 is 23.8 Å². The summed E-state index contributed by atoms with van der Waals surface area (Å²) in [4.78, 5) is 18.1. The van der Waals surface area contributed by atoms with Gasteiger partial charge in [-0.1, -0.05) is 70.4 Å². The second kappa shape index (κ2) is 16.9. The van der Waals surface area contributed by atoms with Crippen LogP contribution in [0.15, 0.2) is 12.2 Å². The molecule has 2 N–H and O–H groups in total. The van der Waals surface area contributed by atoms with Crippen LogP contribution in [0, 0.1) is 0 Å². The quantitative estimate of drug-likeness (QED) is 0.156. The topological polar surface area (TPSA) is 68.2 Å². The van der Waals surface area contributed by atoms with Gasteiger partial charge in [-0.15, -0.1) is 0 Å². The first kappa shape index (κ1) is 26.2. The molecule has 0 radical (unpaired) electrons. The largest absolute Gasteiger partial charge is 0.350 e. The summed E-state index contributed by atoms with van der Waals surface area (Å²) in [6.07, 6.45) is 21.9. The number of rotatable bonds is 18. The summed E-state index contributed by atoms with van der Waals surface area (Å²) >= 11 is 4.42. The van der Waals surface area contributed by atoms with Crippen LogP contribution in [0.2, 0.25) is 0 Å². The van der Waals surface area contributed by atoms with E-state index in [1.54, 1.807) is 0 Å². The van der Waals surface area contributed by atoms with E-state index in [0.29, 0.717) is 6.61 Å². The zero-order chi connectivity index (χ0) is 20.5. The van der Waals surface area contributed by atoms with E-state index in [1.165, 1.54) is 77.0 Å². The van der Waals surface area contributed by atoms with Crippen molar-refractivity contribution >= 4 is 18.5 Å². The molecule has 1 fully saturated rings. The molecule has 0 bridgehead atoms. The summed E-state index contributed by atoms with van der Waals surface area (Å²) in [5, 5.41) is 0. The van der Waals surface area contributed by atoms with E-state index in [4.69, 9.17) is 23.8 Å². The Bertz CT molecular complexity index is 441. The Morgan fingerprint density at radius 2 is 1.50 bits per heavy atom. The van der Waals surface area contributed by atoms with Crippen LogP contribution in [0.5, 0.6) is 0 Å². The summed E-state index contributed by atoms with van der Waals surface area (Å²) in [6.45, 7) is -0.837. The van der Waals surface area contributed by atoms with E-state index >= 15 is 0 Å². The van der Waals surface area contributed by atoms with Crippen molar-refractivity contribution in [2.45, 2.75) is 109 Å². The molecule has 0 aliphatic carbocycles. The monoisotopic (exact) mass is 436 g/mol. The van der Waals surface area contributed by atoms with Crippen LogP contribution in [0.25, 0.3) is 0 Å². The fraction of sp³-hybridized carbons (Fsp3) is 0.905. The van der Waals surface area contributed by atoms with Crippen molar-refractivity contribution in [2.75, 3.05) is 13.2 Å². The van der Waals surface area contributed by atoms with Crippen LogP contribution in [0.4, 0.5) is 0 Å². The van der Waals surface area contributed by atoms with Gasteiger partial charge < -0.3 is 23.8 Å². The second-order valence-electron chi connectivity index (χ2n) is 7.68. The van der Waals surface area contributed by atoms with Gasteiger partial charge in [0.05, 0.1) is 13.2 Å². The fourth-order valence-corrected chi connectivity index (χ4v) is 3.85. The van der Waals surface area contributed by atoms with Gasteiger partial charge in [0.1, 0.15) is 6.10 Å². The third kappa shape index (κ3) is 16.0. The van der Waals surface area contributed by atoms with Gasteiger partial charge in [-0.25, -0.2) is 0 Å². The average molecular weight is 437 g/mol. The number of allylic oxidation sites excluding steroid dienone is 2. The molecule has 0 unspecified atom stereocenters. The first-order valence-electron chi connectivity index (χ1n) is 11.1.